The van der Waals surface area contributed by atoms with Gasteiger partial charge in [-0.05, 0) is 12.6 Å². The van der Waals surface area contributed by atoms with Gasteiger partial charge < -0.3 is 74.5 Å². The van der Waals surface area contributed by atoms with E-state index in [0.717, 1.165) is 0 Å². The van der Waals surface area contributed by atoms with Crippen LogP contribution < -0.4 is 0 Å². The Labute approximate surface area is 139 Å². The van der Waals surface area contributed by atoms with Gasteiger partial charge in [0.2, 0.25) is 0 Å². The predicted molar refractivity (Wildman–Crippen MR) is 76.7 cm³/mol. The Balaban J connectivity index is -0.0000000655. The molecule has 0 spiro atoms. The molecule has 0 saturated carbocycles. The minimum Gasteiger partial charge on any atom is -0.418 e. The normalized spacial score (nSPS) is 5.06. The molecule has 0 aromatic rings. The Kier molecular flexibility index (Phi) is 32.0. The van der Waals surface area contributed by atoms with Crippen LogP contribution in [0.3, 0.4) is 0 Å². The molecule has 0 aromatic carbocycles. The van der Waals surface area contributed by atoms with Gasteiger partial charge in [-0.3, -0.25) is 0 Å². The second kappa shape index (κ2) is 20.4. The molecular formula is C6N3RuS6. The van der Waals surface area contributed by atoms with Gasteiger partial charge in [0.25, 0.3) is 0 Å². The molecule has 10 heteroatoms. The quantitative estimate of drug-likeness (QED) is 0.334. The summed E-state index contributed by atoms with van der Waals surface area (Å²) in [7, 11) is 0. The van der Waals surface area contributed by atoms with Gasteiger partial charge >= 0.3 is 19.5 Å². The van der Waals surface area contributed by atoms with Crippen LogP contribution >= 0.6 is 36.7 Å². The molecule has 3 nitrogen and oxygen atoms in total. The zero-order valence-corrected chi connectivity index (χ0v) is 13.8. The zero-order chi connectivity index (χ0) is 12.9. The fourth-order valence-corrected chi connectivity index (χ4v) is 0. The average Bonchev–Trinajstić information content (AvgIpc) is 2.19. The number of thiocarbonyl (C=S) groups is 3. The number of nitriles is 3. The van der Waals surface area contributed by atoms with E-state index < -0.39 is 0 Å². The van der Waals surface area contributed by atoms with Crippen LogP contribution in [0.2, 0.25) is 0 Å². The monoisotopic (exact) mass is 408 g/mol. The van der Waals surface area contributed by atoms with Crippen molar-refractivity contribution in [1.29, 1.82) is 15.8 Å². The molecule has 0 saturated heterocycles. The Morgan fingerprint density at radius 3 is 0.750 bits per heavy atom. The molecule has 0 aliphatic heterocycles. The van der Waals surface area contributed by atoms with Crippen LogP contribution in [0.5, 0.6) is 0 Å². The Bertz CT molecular complexity index is 303. The second-order valence-corrected chi connectivity index (χ2v) is 4.42. The molecule has 0 aliphatic carbocycles. The van der Waals surface area contributed by atoms with E-state index in [9.17, 15) is 0 Å². The van der Waals surface area contributed by atoms with Crippen LogP contribution in [-0.4, -0.2) is 12.6 Å². The molecule has 0 heterocycles. The fraction of sp³-hybridized carbons (Fsp3) is 0. The summed E-state index contributed by atoms with van der Waals surface area (Å²) in [5.41, 5.74) is 0. The van der Waals surface area contributed by atoms with E-state index >= 15 is 0 Å². The molecule has 0 rings (SSSR count). The average molecular weight is 408 g/mol. The summed E-state index contributed by atoms with van der Waals surface area (Å²) in [6.07, 6.45) is 0. The number of hydrogen-bond donors (Lipinski definition) is 0. The summed E-state index contributed by atoms with van der Waals surface area (Å²) in [4.78, 5) is 0. The van der Waals surface area contributed by atoms with Crippen molar-refractivity contribution >= 4 is 87.1 Å². The summed E-state index contributed by atoms with van der Waals surface area (Å²) >= 11 is 24.9. The first-order valence-corrected chi connectivity index (χ1v) is 5.10. The first-order chi connectivity index (χ1) is 6.81. The van der Waals surface area contributed by atoms with Crippen molar-refractivity contribution in [2.45, 2.75) is 0 Å². The number of hydrogen-bond acceptors (Lipinski definition) is 9. The van der Waals surface area contributed by atoms with Gasteiger partial charge in [-0.15, -0.1) is 0 Å². The van der Waals surface area contributed by atoms with Crippen molar-refractivity contribution in [1.82, 2.24) is 0 Å². The SMILES string of the molecule is N#CC(=S)[S-].N#CC(=S)[S-].N#CC(=S)[S-].[Ru+3]. The third-order valence-corrected chi connectivity index (χ3v) is 0.822. The van der Waals surface area contributed by atoms with Crippen molar-refractivity contribution in [3.63, 3.8) is 0 Å². The maximum atomic E-state index is 7.65. The smallest absolute Gasteiger partial charge is 0.418 e. The Hall–Kier alpha value is 0.0234. The number of rotatable bonds is 0. The van der Waals surface area contributed by atoms with E-state index in [-0.39, 0.29) is 32.1 Å². The Morgan fingerprint density at radius 1 is 0.688 bits per heavy atom. The third-order valence-electron chi connectivity index (χ3n) is 0.274. The van der Waals surface area contributed by atoms with Crippen molar-refractivity contribution in [3.8, 4) is 18.2 Å². The Morgan fingerprint density at radius 2 is 0.750 bits per heavy atom. The summed E-state index contributed by atoms with van der Waals surface area (Å²) in [6.45, 7) is 0. The van der Waals surface area contributed by atoms with Crippen molar-refractivity contribution < 1.29 is 19.5 Å². The van der Waals surface area contributed by atoms with Gasteiger partial charge in [0.05, 0.1) is 18.2 Å². The van der Waals surface area contributed by atoms with Crippen LogP contribution in [-0.2, 0) is 57.4 Å². The van der Waals surface area contributed by atoms with Crippen LogP contribution in [0.25, 0.3) is 0 Å². The molecule has 0 N–H and O–H groups in total. The van der Waals surface area contributed by atoms with Gasteiger partial charge in [-0.2, -0.15) is 15.8 Å². The minimum absolute atomic E-state index is 0. The van der Waals surface area contributed by atoms with Gasteiger partial charge in [-0.25, -0.2) is 0 Å². The van der Waals surface area contributed by atoms with Crippen molar-refractivity contribution in [2.75, 3.05) is 0 Å². The zero-order valence-electron chi connectivity index (χ0n) is 7.14. The van der Waals surface area contributed by atoms with Crippen molar-refractivity contribution in [2.24, 2.45) is 0 Å². The summed E-state index contributed by atoms with van der Waals surface area (Å²) in [6, 6.07) is 4.72. The standard InChI is InChI=1S/3C2HNS2.Ru/c3*3-1-2(4)5;/h3*(H,4,5);/q;;;+3/p-3. The van der Waals surface area contributed by atoms with Crippen LogP contribution in [0, 0.1) is 34.0 Å². The van der Waals surface area contributed by atoms with Crippen LogP contribution in [0.15, 0.2) is 0 Å². The van der Waals surface area contributed by atoms with E-state index in [1.165, 1.54) is 0 Å². The topological polar surface area (TPSA) is 71.4 Å². The molecule has 0 bridgehead atoms. The summed E-state index contributed by atoms with van der Waals surface area (Å²) in [5, 5.41) is 22.9. The molecule has 83 valence electrons. The van der Waals surface area contributed by atoms with E-state index in [1.807, 2.05) is 0 Å². The first-order valence-electron chi connectivity index (χ1n) is 2.65. The van der Waals surface area contributed by atoms with E-state index in [4.69, 9.17) is 15.8 Å². The van der Waals surface area contributed by atoms with Gasteiger partial charge in [0.1, 0.15) is 0 Å². The third kappa shape index (κ3) is 65.6. The minimum atomic E-state index is -0.0231. The van der Waals surface area contributed by atoms with Crippen molar-refractivity contribution in [3.05, 3.63) is 0 Å². The first kappa shape index (κ1) is 25.0. The molecule has 1 radical (unpaired) electrons. The molecular weight excluding hydrogens is 408 g/mol. The maximum absolute atomic E-state index is 7.65. The van der Waals surface area contributed by atoms with E-state index in [0.29, 0.717) is 0 Å². The molecule has 0 fully saturated rings. The van der Waals surface area contributed by atoms with Gasteiger partial charge in [-0.1, -0.05) is 0 Å². The van der Waals surface area contributed by atoms with E-state index in [1.54, 1.807) is 18.2 Å². The number of nitrogens with zero attached hydrogens (tertiary/aromatic N) is 3. The van der Waals surface area contributed by atoms with Gasteiger partial charge in [0, 0.05) is 0 Å². The second-order valence-electron chi connectivity index (χ2n) is 1.20. The maximum Gasteiger partial charge on any atom is 3.00 e. The summed E-state index contributed by atoms with van der Waals surface area (Å²) in [5.74, 6) is 0. The largest absolute Gasteiger partial charge is 3.00 e. The molecule has 0 aliphatic rings. The molecule has 0 aromatic heterocycles. The molecule has 16 heavy (non-hydrogen) atoms. The fourth-order valence-electron chi connectivity index (χ4n) is 0. The molecule has 0 unspecified atom stereocenters. The summed E-state index contributed by atoms with van der Waals surface area (Å²) < 4.78 is -0.0694. The predicted octanol–water partition coefficient (Wildman–Crippen LogP) is 1.15. The van der Waals surface area contributed by atoms with E-state index in [2.05, 4.69) is 74.5 Å². The van der Waals surface area contributed by atoms with Crippen LogP contribution in [0.4, 0.5) is 0 Å². The molecule has 0 amide bonds. The van der Waals surface area contributed by atoms with Gasteiger partial charge in [0.15, 0.2) is 0 Å². The van der Waals surface area contributed by atoms with Crippen LogP contribution in [0.1, 0.15) is 0 Å². The molecule has 0 atom stereocenters.